The normalized spacial score (nSPS) is 29.1. The van der Waals surface area contributed by atoms with Crippen molar-refractivity contribution in [1.82, 2.24) is 4.57 Å². The largest absolute Gasteiger partial charge is 0.494 e. The van der Waals surface area contributed by atoms with Gasteiger partial charge in [-0.1, -0.05) is 12.1 Å². The Morgan fingerprint density at radius 1 is 1.00 bits per heavy atom. The molecule has 2 aliphatic heterocycles. The van der Waals surface area contributed by atoms with Gasteiger partial charge in [-0.3, -0.25) is 0 Å². The van der Waals surface area contributed by atoms with Crippen LogP contribution in [0.15, 0.2) is 41.3 Å². The van der Waals surface area contributed by atoms with Crippen LogP contribution in [0, 0.1) is 0 Å². The number of aromatic hydroxyl groups is 2. The van der Waals surface area contributed by atoms with Gasteiger partial charge in [-0.15, -0.1) is 12.6 Å². The summed E-state index contributed by atoms with van der Waals surface area (Å²) in [5, 5.41) is 21.3. The minimum atomic E-state index is -0.706. The molecule has 4 nitrogen and oxygen atoms in total. The average Bonchev–Trinajstić information content (AvgIpc) is 2.97. The van der Waals surface area contributed by atoms with E-state index in [-0.39, 0.29) is 11.8 Å². The lowest BCUT2D eigenvalue weighted by atomic mass is 9.86. The van der Waals surface area contributed by atoms with Crippen molar-refractivity contribution in [2.75, 3.05) is 0 Å². The first kappa shape index (κ1) is 12.9. The monoisotopic (exact) mass is 301 g/mol. The first-order valence-corrected chi connectivity index (χ1v) is 7.19. The van der Waals surface area contributed by atoms with Crippen molar-refractivity contribution in [2.24, 2.45) is 0 Å². The number of thiol groups is 1. The molecule has 2 unspecified atom stereocenters. The van der Waals surface area contributed by atoms with Crippen LogP contribution in [0.25, 0.3) is 5.69 Å². The molecule has 0 radical (unpaired) electrons. The second-order valence-corrected chi connectivity index (χ2v) is 6.35. The van der Waals surface area contributed by atoms with Gasteiger partial charge in [-0.2, -0.15) is 0 Å². The maximum atomic E-state index is 10.7. The smallest absolute Gasteiger partial charge is 0.205 e. The zero-order valence-electron chi connectivity index (χ0n) is 11.7. The minimum Gasteiger partial charge on any atom is -0.494 e. The predicted molar refractivity (Wildman–Crippen MR) is 81.3 cm³/mol. The highest BCUT2D eigenvalue weighted by Gasteiger charge is 2.56. The molecule has 0 saturated carbocycles. The number of benzene rings is 1. The summed E-state index contributed by atoms with van der Waals surface area (Å²) in [5.41, 5.74) is 0.477. The van der Waals surface area contributed by atoms with Gasteiger partial charge < -0.3 is 14.9 Å². The van der Waals surface area contributed by atoms with Crippen LogP contribution in [0.1, 0.15) is 25.0 Å². The zero-order valence-corrected chi connectivity index (χ0v) is 12.6. The molecule has 21 heavy (non-hydrogen) atoms. The molecule has 2 atom stereocenters. The van der Waals surface area contributed by atoms with Crippen molar-refractivity contribution >= 4 is 12.6 Å². The van der Waals surface area contributed by atoms with E-state index in [0.29, 0.717) is 21.7 Å². The SMILES string of the molecule is CC12C=CC(C)(O1)c1c2c(O)n(-c2ccccc2S)c1O. The van der Waals surface area contributed by atoms with Crippen molar-refractivity contribution in [3.8, 4) is 17.4 Å². The van der Waals surface area contributed by atoms with Crippen molar-refractivity contribution in [1.29, 1.82) is 0 Å². The van der Waals surface area contributed by atoms with Gasteiger partial charge in [0.2, 0.25) is 11.8 Å². The molecule has 5 heteroatoms. The molecule has 0 amide bonds. The van der Waals surface area contributed by atoms with Gasteiger partial charge in [0.15, 0.2) is 0 Å². The Bertz CT molecular complexity index is 769. The summed E-state index contributed by atoms with van der Waals surface area (Å²) in [5.74, 6) is -0.000787. The van der Waals surface area contributed by atoms with E-state index >= 15 is 0 Å². The Kier molecular flexibility index (Phi) is 2.25. The number of ether oxygens (including phenoxy) is 1. The Labute approximate surface area is 127 Å². The third-order valence-corrected chi connectivity index (χ3v) is 4.76. The van der Waals surface area contributed by atoms with Gasteiger partial charge >= 0.3 is 0 Å². The van der Waals surface area contributed by atoms with Gasteiger partial charge in [-0.05, 0) is 38.1 Å². The van der Waals surface area contributed by atoms with E-state index in [9.17, 15) is 10.2 Å². The number of aromatic nitrogens is 1. The van der Waals surface area contributed by atoms with Crippen molar-refractivity contribution < 1.29 is 14.9 Å². The summed E-state index contributed by atoms with van der Waals surface area (Å²) in [6.07, 6.45) is 3.84. The summed E-state index contributed by atoms with van der Waals surface area (Å²) in [6, 6.07) is 7.31. The number of fused-ring (bicyclic) bond motifs is 5. The Morgan fingerprint density at radius 3 is 2.05 bits per heavy atom. The van der Waals surface area contributed by atoms with Crippen LogP contribution in [-0.4, -0.2) is 14.8 Å². The van der Waals surface area contributed by atoms with Crippen molar-refractivity contribution in [3.05, 3.63) is 47.5 Å². The fraction of sp³-hybridized carbons (Fsp3) is 0.250. The Morgan fingerprint density at radius 2 is 1.52 bits per heavy atom. The molecule has 2 bridgehead atoms. The molecule has 0 saturated heterocycles. The highest BCUT2D eigenvalue weighted by atomic mass is 32.1. The number of rotatable bonds is 1. The molecule has 2 aliphatic rings. The molecule has 3 heterocycles. The van der Waals surface area contributed by atoms with Gasteiger partial charge in [-0.25, -0.2) is 4.57 Å². The predicted octanol–water partition coefficient (Wildman–Crippen LogP) is 3.21. The minimum absolute atomic E-state index is 0.000394. The standard InChI is InChI=1S/C16H15NO3S/c1-15-7-8-16(2,20-15)12-11(15)13(18)17(14(12)19)9-5-3-4-6-10(9)21/h3-8,18-19,21H,1-2H3. The maximum absolute atomic E-state index is 10.7. The third-order valence-electron chi connectivity index (χ3n) is 4.38. The van der Waals surface area contributed by atoms with Crippen LogP contribution < -0.4 is 0 Å². The number of hydrogen-bond donors (Lipinski definition) is 3. The van der Waals surface area contributed by atoms with Gasteiger partial charge in [0.25, 0.3) is 0 Å². The number of hydrogen-bond acceptors (Lipinski definition) is 4. The highest BCUT2D eigenvalue weighted by Crippen LogP contribution is 2.61. The summed E-state index contributed by atoms with van der Waals surface area (Å²) >= 11 is 4.41. The lowest BCUT2D eigenvalue weighted by molar-refractivity contribution is -0.0517. The van der Waals surface area contributed by atoms with Crippen LogP contribution in [0.4, 0.5) is 0 Å². The molecule has 0 spiro atoms. The Balaban J connectivity index is 2.06. The molecular weight excluding hydrogens is 286 g/mol. The maximum Gasteiger partial charge on any atom is 0.205 e. The average molecular weight is 301 g/mol. The van der Waals surface area contributed by atoms with Gasteiger partial charge in [0.05, 0.1) is 16.8 Å². The molecule has 0 fully saturated rings. The summed E-state index contributed by atoms with van der Waals surface area (Å²) in [7, 11) is 0. The van der Waals surface area contributed by atoms with E-state index in [0.717, 1.165) is 0 Å². The fourth-order valence-electron chi connectivity index (χ4n) is 3.46. The quantitative estimate of drug-likeness (QED) is 0.560. The molecule has 2 aromatic rings. The Hall–Kier alpha value is -1.85. The van der Waals surface area contributed by atoms with Gasteiger partial charge in [0.1, 0.15) is 11.2 Å². The molecule has 0 aliphatic carbocycles. The lowest BCUT2D eigenvalue weighted by Crippen LogP contribution is -2.19. The number of para-hydroxylation sites is 1. The van der Waals surface area contributed by atoms with E-state index in [1.54, 1.807) is 6.07 Å². The topological polar surface area (TPSA) is 54.6 Å². The number of nitrogens with zero attached hydrogens (tertiary/aromatic N) is 1. The fourth-order valence-corrected chi connectivity index (χ4v) is 3.73. The summed E-state index contributed by atoms with van der Waals surface area (Å²) < 4.78 is 7.41. The molecule has 1 aromatic heterocycles. The van der Waals surface area contributed by atoms with E-state index < -0.39 is 11.2 Å². The molecular formula is C16H15NO3S. The van der Waals surface area contributed by atoms with Gasteiger partial charge in [0, 0.05) is 4.90 Å². The van der Waals surface area contributed by atoms with Crippen molar-refractivity contribution in [2.45, 2.75) is 29.9 Å². The third kappa shape index (κ3) is 1.40. The summed E-state index contributed by atoms with van der Waals surface area (Å²) in [4.78, 5) is 0.674. The summed E-state index contributed by atoms with van der Waals surface area (Å²) in [6.45, 7) is 3.77. The van der Waals surface area contributed by atoms with Crippen LogP contribution in [0.3, 0.4) is 0 Å². The lowest BCUT2D eigenvalue weighted by Gasteiger charge is -2.21. The van der Waals surface area contributed by atoms with Crippen LogP contribution in [-0.2, 0) is 15.9 Å². The van der Waals surface area contributed by atoms with E-state index in [2.05, 4.69) is 12.6 Å². The molecule has 2 N–H and O–H groups in total. The van der Waals surface area contributed by atoms with E-state index in [1.807, 2.05) is 44.2 Å². The van der Waals surface area contributed by atoms with Crippen molar-refractivity contribution in [3.63, 3.8) is 0 Å². The van der Waals surface area contributed by atoms with Crippen LogP contribution in [0.5, 0.6) is 11.8 Å². The first-order valence-electron chi connectivity index (χ1n) is 6.74. The van der Waals surface area contributed by atoms with E-state index in [4.69, 9.17) is 4.74 Å². The van der Waals surface area contributed by atoms with E-state index in [1.165, 1.54) is 4.57 Å². The zero-order chi connectivity index (χ0) is 15.0. The molecule has 1 aromatic carbocycles. The highest BCUT2D eigenvalue weighted by molar-refractivity contribution is 7.80. The second-order valence-electron chi connectivity index (χ2n) is 5.87. The first-order chi connectivity index (χ1) is 9.87. The molecule has 4 rings (SSSR count). The second kappa shape index (κ2) is 3.67. The molecule has 108 valence electrons. The van der Waals surface area contributed by atoms with Crippen LogP contribution >= 0.6 is 12.6 Å². The van der Waals surface area contributed by atoms with Crippen LogP contribution in [0.2, 0.25) is 0 Å².